The van der Waals surface area contributed by atoms with Gasteiger partial charge in [0.25, 0.3) is 0 Å². The van der Waals surface area contributed by atoms with Crippen LogP contribution < -0.4 is 0 Å². The van der Waals surface area contributed by atoms with E-state index >= 15 is 0 Å². The molecule has 112 valence electrons. The summed E-state index contributed by atoms with van der Waals surface area (Å²) in [5.41, 5.74) is 3.02. The average molecular weight is 272 g/mol. The first kappa shape index (κ1) is 15.6. The molecule has 1 aromatic rings. The maximum atomic E-state index is 2.42. The van der Waals surface area contributed by atoms with Gasteiger partial charge in [0.15, 0.2) is 0 Å². The van der Waals surface area contributed by atoms with Crippen molar-refractivity contribution in [3.8, 4) is 0 Å². The normalized spacial score (nSPS) is 22.9. The van der Waals surface area contributed by atoms with Crippen LogP contribution in [0.3, 0.4) is 0 Å². The van der Waals surface area contributed by atoms with Crippen LogP contribution in [-0.2, 0) is 12.8 Å². The molecule has 1 aliphatic rings. The van der Waals surface area contributed by atoms with Crippen LogP contribution in [0, 0.1) is 11.8 Å². The zero-order chi connectivity index (χ0) is 14.2. The molecule has 0 amide bonds. The molecule has 0 heterocycles. The topological polar surface area (TPSA) is 0 Å². The van der Waals surface area contributed by atoms with Gasteiger partial charge in [-0.15, -0.1) is 0 Å². The Kier molecular flexibility index (Phi) is 6.63. The summed E-state index contributed by atoms with van der Waals surface area (Å²) in [6.45, 7) is 4.66. The molecule has 0 unspecified atom stereocenters. The lowest BCUT2D eigenvalue weighted by Gasteiger charge is -2.26. The van der Waals surface area contributed by atoms with Gasteiger partial charge in [-0.25, -0.2) is 0 Å². The fourth-order valence-electron chi connectivity index (χ4n) is 3.56. The number of aryl methyl sites for hydroxylation is 2. The Hall–Kier alpha value is -0.780. The predicted molar refractivity (Wildman–Crippen MR) is 89.1 cm³/mol. The first-order valence-corrected chi connectivity index (χ1v) is 8.85. The van der Waals surface area contributed by atoms with Crippen LogP contribution in [-0.4, -0.2) is 0 Å². The Balaban J connectivity index is 1.57. The van der Waals surface area contributed by atoms with Crippen LogP contribution in [0.5, 0.6) is 0 Å². The predicted octanol–water partition coefficient (Wildman–Crippen LogP) is 6.18. The maximum Gasteiger partial charge on any atom is -0.0279 e. The summed E-state index contributed by atoms with van der Waals surface area (Å²) >= 11 is 0. The third kappa shape index (κ3) is 5.31. The average Bonchev–Trinajstić information content (AvgIpc) is 2.49. The van der Waals surface area contributed by atoms with Gasteiger partial charge < -0.3 is 0 Å². The summed E-state index contributed by atoms with van der Waals surface area (Å²) in [5, 5.41) is 0. The summed E-state index contributed by atoms with van der Waals surface area (Å²) in [6.07, 6.45) is 14.1. The van der Waals surface area contributed by atoms with Crippen molar-refractivity contribution >= 4 is 0 Å². The molecule has 0 N–H and O–H groups in total. The summed E-state index contributed by atoms with van der Waals surface area (Å²) in [7, 11) is 0. The van der Waals surface area contributed by atoms with Crippen LogP contribution >= 0.6 is 0 Å². The number of rotatable bonds is 7. The molecule has 0 bridgehead atoms. The number of benzene rings is 1. The molecular formula is C20H32. The van der Waals surface area contributed by atoms with Gasteiger partial charge in [-0.1, -0.05) is 83.1 Å². The van der Waals surface area contributed by atoms with Crippen LogP contribution in [0.25, 0.3) is 0 Å². The SMILES string of the molecule is CCc1cccc(CCCCCC2CCC(C)CC2)c1. The van der Waals surface area contributed by atoms with Gasteiger partial charge in [0, 0.05) is 0 Å². The van der Waals surface area contributed by atoms with Gasteiger partial charge in [0.1, 0.15) is 0 Å². The molecule has 0 atom stereocenters. The quantitative estimate of drug-likeness (QED) is 0.520. The molecular weight excluding hydrogens is 240 g/mol. The van der Waals surface area contributed by atoms with Gasteiger partial charge in [-0.05, 0) is 42.2 Å². The summed E-state index contributed by atoms with van der Waals surface area (Å²) in [4.78, 5) is 0. The fraction of sp³-hybridized carbons (Fsp3) is 0.700. The zero-order valence-electron chi connectivity index (χ0n) is 13.5. The Labute approximate surface area is 126 Å². The second kappa shape index (κ2) is 8.49. The minimum absolute atomic E-state index is 0.997. The minimum Gasteiger partial charge on any atom is -0.0625 e. The van der Waals surface area contributed by atoms with Crippen LogP contribution in [0.4, 0.5) is 0 Å². The molecule has 0 aromatic heterocycles. The van der Waals surface area contributed by atoms with Crippen molar-refractivity contribution in [1.82, 2.24) is 0 Å². The highest BCUT2D eigenvalue weighted by molar-refractivity contribution is 5.23. The minimum atomic E-state index is 0.997. The van der Waals surface area contributed by atoms with Crippen LogP contribution in [0.15, 0.2) is 24.3 Å². The van der Waals surface area contributed by atoms with Crippen molar-refractivity contribution in [3.63, 3.8) is 0 Å². The Morgan fingerprint density at radius 2 is 1.70 bits per heavy atom. The van der Waals surface area contributed by atoms with Gasteiger partial charge in [0.2, 0.25) is 0 Å². The second-order valence-electron chi connectivity index (χ2n) is 6.90. The van der Waals surface area contributed by atoms with E-state index in [0.29, 0.717) is 0 Å². The van der Waals surface area contributed by atoms with Gasteiger partial charge in [-0.2, -0.15) is 0 Å². The molecule has 0 heteroatoms. The molecule has 0 spiro atoms. The fourth-order valence-corrected chi connectivity index (χ4v) is 3.56. The third-order valence-electron chi connectivity index (χ3n) is 5.11. The number of hydrogen-bond acceptors (Lipinski definition) is 0. The third-order valence-corrected chi connectivity index (χ3v) is 5.11. The van der Waals surface area contributed by atoms with Crippen molar-refractivity contribution in [1.29, 1.82) is 0 Å². The molecule has 0 nitrogen and oxygen atoms in total. The van der Waals surface area contributed by atoms with Crippen molar-refractivity contribution in [3.05, 3.63) is 35.4 Å². The van der Waals surface area contributed by atoms with Crippen LogP contribution in [0.1, 0.15) is 76.3 Å². The van der Waals surface area contributed by atoms with E-state index in [1.54, 1.807) is 0 Å². The molecule has 1 saturated carbocycles. The lowest BCUT2D eigenvalue weighted by atomic mass is 9.80. The highest BCUT2D eigenvalue weighted by Gasteiger charge is 2.17. The van der Waals surface area contributed by atoms with Crippen molar-refractivity contribution in [2.24, 2.45) is 11.8 Å². The van der Waals surface area contributed by atoms with E-state index in [0.717, 1.165) is 18.3 Å². The molecule has 1 aliphatic carbocycles. The molecule has 0 aliphatic heterocycles. The lowest BCUT2D eigenvalue weighted by Crippen LogP contribution is -2.12. The van der Waals surface area contributed by atoms with E-state index in [1.165, 1.54) is 68.9 Å². The van der Waals surface area contributed by atoms with E-state index in [2.05, 4.69) is 38.1 Å². The highest BCUT2D eigenvalue weighted by atomic mass is 14.2. The van der Waals surface area contributed by atoms with Gasteiger partial charge in [0.05, 0.1) is 0 Å². The van der Waals surface area contributed by atoms with E-state index < -0.39 is 0 Å². The smallest absolute Gasteiger partial charge is 0.0279 e. The zero-order valence-corrected chi connectivity index (χ0v) is 13.5. The van der Waals surface area contributed by atoms with Crippen LogP contribution in [0.2, 0.25) is 0 Å². The number of hydrogen-bond donors (Lipinski definition) is 0. The van der Waals surface area contributed by atoms with Gasteiger partial charge >= 0.3 is 0 Å². The standard InChI is InChI=1S/C20H32/c1-3-18-10-7-11-20(16-18)9-6-4-5-8-19-14-12-17(2)13-15-19/h7,10-11,16-17,19H,3-6,8-9,12-15H2,1-2H3. The van der Waals surface area contributed by atoms with E-state index in [4.69, 9.17) is 0 Å². The molecule has 1 fully saturated rings. The number of unbranched alkanes of at least 4 members (excludes halogenated alkanes) is 2. The molecule has 1 aromatic carbocycles. The Morgan fingerprint density at radius 1 is 0.950 bits per heavy atom. The van der Waals surface area contributed by atoms with Gasteiger partial charge in [-0.3, -0.25) is 0 Å². The Morgan fingerprint density at radius 3 is 2.45 bits per heavy atom. The summed E-state index contributed by atoms with van der Waals surface area (Å²) in [6, 6.07) is 9.15. The maximum absolute atomic E-state index is 2.42. The molecule has 2 rings (SSSR count). The first-order chi connectivity index (χ1) is 9.78. The van der Waals surface area contributed by atoms with Crippen molar-refractivity contribution < 1.29 is 0 Å². The second-order valence-corrected chi connectivity index (χ2v) is 6.90. The van der Waals surface area contributed by atoms with E-state index in [-0.39, 0.29) is 0 Å². The van der Waals surface area contributed by atoms with Crippen molar-refractivity contribution in [2.75, 3.05) is 0 Å². The van der Waals surface area contributed by atoms with Crippen molar-refractivity contribution in [2.45, 2.75) is 78.1 Å². The molecule has 0 saturated heterocycles. The largest absolute Gasteiger partial charge is 0.0625 e. The molecule has 20 heavy (non-hydrogen) atoms. The van der Waals surface area contributed by atoms with E-state index in [9.17, 15) is 0 Å². The Bertz CT molecular complexity index is 371. The van der Waals surface area contributed by atoms with E-state index in [1.807, 2.05) is 0 Å². The lowest BCUT2D eigenvalue weighted by molar-refractivity contribution is 0.271. The molecule has 0 radical (unpaired) electrons. The summed E-state index contributed by atoms with van der Waals surface area (Å²) in [5.74, 6) is 2.05. The monoisotopic (exact) mass is 272 g/mol. The summed E-state index contributed by atoms with van der Waals surface area (Å²) < 4.78 is 0. The highest BCUT2D eigenvalue weighted by Crippen LogP contribution is 2.31. The first-order valence-electron chi connectivity index (χ1n) is 8.85.